The fourth-order valence-corrected chi connectivity index (χ4v) is 6.73. The minimum absolute atomic E-state index is 0.0322. The van der Waals surface area contributed by atoms with Gasteiger partial charge in [-0.2, -0.15) is 4.31 Å². The second-order valence-corrected chi connectivity index (χ2v) is 11.8. The molecule has 6 nitrogen and oxygen atoms in total. The Morgan fingerprint density at radius 1 is 1.14 bits per heavy atom. The Morgan fingerprint density at radius 3 is 2.29 bits per heavy atom. The van der Waals surface area contributed by atoms with Crippen LogP contribution in [0.15, 0.2) is 29.2 Å². The molecular weight excluding hydrogens is 398 g/mol. The molecule has 2 heterocycles. The molecular formula is C20H31ClN3O3S+. The molecule has 2 fully saturated rings. The van der Waals surface area contributed by atoms with Gasteiger partial charge in [-0.1, -0.05) is 11.6 Å². The Bertz CT molecular complexity index is 821. The number of hydrogen-bond donors (Lipinski definition) is 2. The van der Waals surface area contributed by atoms with Crippen molar-refractivity contribution in [3.8, 4) is 0 Å². The standard InChI is InChI=1S/C20H30ClN3O3S/c1-19(2)12-15(13-20(3,4)23-19)22-18(25)17-6-5-11-24(17)28(26,27)16-9-7-14(21)8-10-16/h7-10,15,17,23H,5-6,11-13H2,1-4H3,(H,22,25)/p+1/t17-/m0/s1. The van der Waals surface area contributed by atoms with Gasteiger partial charge >= 0.3 is 0 Å². The maximum Gasteiger partial charge on any atom is 0.243 e. The molecule has 0 bridgehead atoms. The molecule has 1 aromatic carbocycles. The summed E-state index contributed by atoms with van der Waals surface area (Å²) in [6, 6.07) is 5.49. The molecule has 8 heteroatoms. The van der Waals surface area contributed by atoms with Crippen LogP contribution in [0.4, 0.5) is 0 Å². The summed E-state index contributed by atoms with van der Waals surface area (Å²) < 4.78 is 27.5. The van der Waals surface area contributed by atoms with Crippen LogP contribution >= 0.6 is 11.6 Å². The third-order valence-electron chi connectivity index (χ3n) is 5.60. The number of halogens is 1. The molecule has 2 aliphatic rings. The van der Waals surface area contributed by atoms with Gasteiger partial charge in [-0.3, -0.25) is 4.79 Å². The summed E-state index contributed by atoms with van der Waals surface area (Å²) in [5, 5.41) is 5.99. The lowest BCUT2D eigenvalue weighted by Crippen LogP contribution is -3.06. The second-order valence-electron chi connectivity index (χ2n) is 9.46. The average molecular weight is 429 g/mol. The number of nitrogens with zero attached hydrogens (tertiary/aromatic N) is 1. The van der Waals surface area contributed by atoms with Gasteiger partial charge in [0.15, 0.2) is 0 Å². The first-order chi connectivity index (χ1) is 12.9. The zero-order chi connectivity index (χ0) is 20.7. The highest BCUT2D eigenvalue weighted by Gasteiger charge is 2.44. The van der Waals surface area contributed by atoms with Crippen LogP contribution < -0.4 is 10.6 Å². The van der Waals surface area contributed by atoms with Crippen molar-refractivity contribution in [1.82, 2.24) is 9.62 Å². The minimum Gasteiger partial charge on any atom is -0.351 e. The van der Waals surface area contributed by atoms with Crippen molar-refractivity contribution in [2.45, 2.75) is 81.4 Å². The van der Waals surface area contributed by atoms with Crippen LogP contribution in [0.2, 0.25) is 5.02 Å². The Labute approximate surface area is 173 Å². The summed E-state index contributed by atoms with van der Waals surface area (Å²) in [6.07, 6.45) is 2.95. The molecule has 2 aliphatic heterocycles. The van der Waals surface area contributed by atoms with Crippen LogP contribution in [-0.2, 0) is 14.8 Å². The average Bonchev–Trinajstić information content (AvgIpc) is 3.02. The molecule has 1 aromatic rings. The summed E-state index contributed by atoms with van der Waals surface area (Å²) in [6.45, 7) is 9.08. The topological polar surface area (TPSA) is 83.1 Å². The molecule has 0 radical (unpaired) electrons. The van der Waals surface area contributed by atoms with Gasteiger partial charge in [0.2, 0.25) is 15.9 Å². The number of rotatable bonds is 4. The molecule has 0 saturated carbocycles. The van der Waals surface area contributed by atoms with E-state index in [1.165, 1.54) is 16.4 Å². The van der Waals surface area contributed by atoms with E-state index in [4.69, 9.17) is 11.6 Å². The third kappa shape index (κ3) is 4.70. The first-order valence-corrected chi connectivity index (χ1v) is 11.7. The van der Waals surface area contributed by atoms with Gasteiger partial charge in [0, 0.05) is 30.5 Å². The lowest BCUT2D eigenvalue weighted by molar-refractivity contribution is -0.787. The summed E-state index contributed by atoms with van der Waals surface area (Å²) in [4.78, 5) is 13.2. The van der Waals surface area contributed by atoms with E-state index in [-0.39, 0.29) is 27.9 Å². The number of carbonyl (C=O) groups is 1. The minimum atomic E-state index is -3.73. The maximum absolute atomic E-state index is 13.1. The van der Waals surface area contributed by atoms with Crippen LogP contribution in [0.25, 0.3) is 0 Å². The number of carbonyl (C=O) groups excluding carboxylic acids is 1. The van der Waals surface area contributed by atoms with E-state index in [1.54, 1.807) is 12.1 Å². The normalized spacial score (nSPS) is 25.5. The van der Waals surface area contributed by atoms with Crippen LogP contribution in [0.3, 0.4) is 0 Å². The fourth-order valence-electron chi connectivity index (χ4n) is 4.95. The Morgan fingerprint density at radius 2 is 1.71 bits per heavy atom. The zero-order valence-electron chi connectivity index (χ0n) is 17.0. The number of nitrogens with one attached hydrogen (secondary N) is 1. The first-order valence-electron chi connectivity index (χ1n) is 9.85. The number of hydrogen-bond acceptors (Lipinski definition) is 3. The quantitative estimate of drug-likeness (QED) is 0.768. The summed E-state index contributed by atoms with van der Waals surface area (Å²) in [5.74, 6) is -0.187. The smallest absolute Gasteiger partial charge is 0.243 e. The highest BCUT2D eigenvalue weighted by Crippen LogP contribution is 2.28. The van der Waals surface area contributed by atoms with Gasteiger partial charge in [-0.15, -0.1) is 0 Å². The largest absolute Gasteiger partial charge is 0.351 e. The Kier molecular flexibility index (Phi) is 5.85. The van der Waals surface area contributed by atoms with E-state index in [1.807, 2.05) is 0 Å². The van der Waals surface area contributed by atoms with Gasteiger partial charge in [0.05, 0.1) is 16.0 Å². The fraction of sp³-hybridized carbons (Fsp3) is 0.650. The Hall–Kier alpha value is -1.15. The van der Waals surface area contributed by atoms with Gasteiger partial charge in [0.25, 0.3) is 0 Å². The summed E-state index contributed by atoms with van der Waals surface area (Å²) in [5.41, 5.74) is 0.0644. The molecule has 156 valence electrons. The summed E-state index contributed by atoms with van der Waals surface area (Å²) >= 11 is 5.88. The van der Waals surface area contributed by atoms with Crippen LogP contribution in [0, 0.1) is 0 Å². The number of nitrogens with two attached hydrogens (primary N) is 1. The van der Waals surface area contributed by atoms with Crippen LogP contribution in [-0.4, -0.2) is 48.3 Å². The molecule has 1 atom stereocenters. The van der Waals surface area contributed by atoms with E-state index >= 15 is 0 Å². The number of quaternary nitrogens is 1. The number of sulfonamides is 1. The number of benzene rings is 1. The van der Waals surface area contributed by atoms with E-state index in [0.717, 1.165) is 12.8 Å². The van der Waals surface area contributed by atoms with Crippen molar-refractivity contribution < 1.29 is 18.5 Å². The predicted octanol–water partition coefficient (Wildman–Crippen LogP) is 1.89. The van der Waals surface area contributed by atoms with Crippen molar-refractivity contribution in [3.63, 3.8) is 0 Å². The molecule has 0 aliphatic carbocycles. The molecule has 2 saturated heterocycles. The number of piperidine rings is 1. The molecule has 0 unspecified atom stereocenters. The van der Waals surface area contributed by atoms with E-state index in [2.05, 4.69) is 38.3 Å². The Balaban J connectivity index is 1.75. The van der Waals surface area contributed by atoms with E-state index < -0.39 is 16.1 Å². The molecule has 3 rings (SSSR count). The highest BCUT2D eigenvalue weighted by atomic mass is 35.5. The number of amides is 1. The van der Waals surface area contributed by atoms with Crippen LogP contribution in [0.5, 0.6) is 0 Å². The molecule has 3 N–H and O–H groups in total. The molecule has 28 heavy (non-hydrogen) atoms. The van der Waals surface area contributed by atoms with Gasteiger partial charge in [-0.05, 0) is 64.8 Å². The second kappa shape index (κ2) is 7.59. The zero-order valence-corrected chi connectivity index (χ0v) is 18.6. The third-order valence-corrected chi connectivity index (χ3v) is 7.77. The highest BCUT2D eigenvalue weighted by molar-refractivity contribution is 7.89. The SMILES string of the molecule is CC1(C)CC(NC(=O)[C@@H]2CCCN2S(=O)(=O)c2ccc(Cl)cc2)CC(C)(C)[NH2+]1. The predicted molar refractivity (Wildman–Crippen MR) is 110 cm³/mol. The monoisotopic (exact) mass is 428 g/mol. The van der Waals surface area contributed by atoms with Crippen LogP contribution in [0.1, 0.15) is 53.4 Å². The maximum atomic E-state index is 13.1. The molecule has 0 aromatic heterocycles. The summed E-state index contributed by atoms with van der Waals surface area (Å²) in [7, 11) is -3.73. The van der Waals surface area contributed by atoms with Crippen molar-refractivity contribution in [2.24, 2.45) is 0 Å². The van der Waals surface area contributed by atoms with Gasteiger partial charge < -0.3 is 10.6 Å². The van der Waals surface area contributed by atoms with Crippen molar-refractivity contribution in [1.29, 1.82) is 0 Å². The lowest BCUT2D eigenvalue weighted by atomic mass is 9.79. The van der Waals surface area contributed by atoms with E-state index in [9.17, 15) is 13.2 Å². The molecule has 0 spiro atoms. The van der Waals surface area contributed by atoms with Gasteiger partial charge in [-0.25, -0.2) is 8.42 Å². The van der Waals surface area contributed by atoms with Crippen molar-refractivity contribution in [2.75, 3.05) is 6.54 Å². The molecule has 1 amide bonds. The van der Waals surface area contributed by atoms with E-state index in [0.29, 0.717) is 24.4 Å². The van der Waals surface area contributed by atoms with Crippen molar-refractivity contribution >= 4 is 27.5 Å². The lowest BCUT2D eigenvalue weighted by Gasteiger charge is -2.43. The first kappa shape index (κ1) is 21.6. The van der Waals surface area contributed by atoms with Gasteiger partial charge in [0.1, 0.15) is 6.04 Å². The van der Waals surface area contributed by atoms with Crippen molar-refractivity contribution in [3.05, 3.63) is 29.3 Å².